The predicted octanol–water partition coefficient (Wildman–Crippen LogP) is 3.49. The standard InChI is InChI=1S/C21H24FNO2/c1-2-21(25)23-20-9-8-15-12-19(22)16(13-24)11-17(15)18(20)10-14-6-4-3-5-7-14/h3-7,11-12,18,20,24H,2,8-10,13H2,1H3,(H,23,25)/t18-,20+/m1/s1. The minimum absolute atomic E-state index is 0.0251. The first kappa shape index (κ1) is 17.6. The molecule has 4 heteroatoms. The van der Waals surface area contributed by atoms with Gasteiger partial charge in [0.25, 0.3) is 0 Å². The molecule has 0 aromatic heterocycles. The Bertz CT molecular complexity index is 745. The van der Waals surface area contributed by atoms with Gasteiger partial charge in [0, 0.05) is 23.9 Å². The molecule has 2 atom stereocenters. The van der Waals surface area contributed by atoms with Crippen LogP contribution in [0.4, 0.5) is 4.39 Å². The number of carbonyl (C=O) groups excluding carboxylic acids is 1. The van der Waals surface area contributed by atoms with Crippen LogP contribution in [0.5, 0.6) is 0 Å². The summed E-state index contributed by atoms with van der Waals surface area (Å²) in [7, 11) is 0. The van der Waals surface area contributed by atoms with Crippen LogP contribution in [0.15, 0.2) is 42.5 Å². The maximum absolute atomic E-state index is 14.1. The van der Waals surface area contributed by atoms with E-state index in [4.69, 9.17) is 0 Å². The van der Waals surface area contributed by atoms with Crippen LogP contribution in [-0.2, 0) is 24.2 Å². The number of nitrogens with one attached hydrogen (secondary N) is 1. The van der Waals surface area contributed by atoms with Crippen LogP contribution in [-0.4, -0.2) is 17.1 Å². The van der Waals surface area contributed by atoms with Crippen LogP contribution in [0.25, 0.3) is 0 Å². The molecule has 3 nitrogen and oxygen atoms in total. The molecule has 0 unspecified atom stereocenters. The molecule has 1 amide bonds. The fraction of sp³-hybridized carbons (Fsp3) is 0.381. The van der Waals surface area contributed by atoms with E-state index in [0.717, 1.165) is 30.4 Å². The maximum atomic E-state index is 14.1. The molecule has 0 bridgehead atoms. The number of amides is 1. The van der Waals surface area contributed by atoms with E-state index in [1.54, 1.807) is 12.1 Å². The number of rotatable bonds is 5. The van der Waals surface area contributed by atoms with Gasteiger partial charge in [-0.1, -0.05) is 37.3 Å². The van der Waals surface area contributed by atoms with E-state index in [2.05, 4.69) is 17.4 Å². The number of fused-ring (bicyclic) bond motifs is 1. The van der Waals surface area contributed by atoms with Crippen molar-refractivity contribution in [1.29, 1.82) is 0 Å². The smallest absolute Gasteiger partial charge is 0.219 e. The first-order valence-corrected chi connectivity index (χ1v) is 8.87. The highest BCUT2D eigenvalue weighted by Gasteiger charge is 2.31. The van der Waals surface area contributed by atoms with Crippen LogP contribution in [0.3, 0.4) is 0 Å². The highest BCUT2D eigenvalue weighted by Crippen LogP contribution is 2.36. The quantitative estimate of drug-likeness (QED) is 0.875. The molecule has 0 radical (unpaired) electrons. The third-order valence-corrected chi connectivity index (χ3v) is 5.05. The van der Waals surface area contributed by atoms with Crippen molar-refractivity contribution >= 4 is 5.91 Å². The molecule has 25 heavy (non-hydrogen) atoms. The monoisotopic (exact) mass is 341 g/mol. The fourth-order valence-electron chi connectivity index (χ4n) is 3.69. The van der Waals surface area contributed by atoms with Crippen molar-refractivity contribution in [3.05, 3.63) is 70.5 Å². The van der Waals surface area contributed by atoms with Gasteiger partial charge in [-0.25, -0.2) is 4.39 Å². The summed E-state index contributed by atoms with van der Waals surface area (Å²) in [6.45, 7) is 1.53. The average molecular weight is 341 g/mol. The highest BCUT2D eigenvalue weighted by molar-refractivity contribution is 5.76. The zero-order chi connectivity index (χ0) is 17.8. The molecule has 0 saturated heterocycles. The number of aliphatic hydroxyl groups excluding tert-OH is 1. The Morgan fingerprint density at radius 1 is 1.28 bits per heavy atom. The molecule has 0 fully saturated rings. The second-order valence-corrected chi connectivity index (χ2v) is 6.66. The van der Waals surface area contributed by atoms with E-state index in [-0.39, 0.29) is 30.3 Å². The summed E-state index contributed by atoms with van der Waals surface area (Å²) in [5, 5.41) is 12.6. The highest BCUT2D eigenvalue weighted by atomic mass is 19.1. The van der Waals surface area contributed by atoms with Crippen molar-refractivity contribution < 1.29 is 14.3 Å². The number of hydrogen-bond acceptors (Lipinski definition) is 2. The average Bonchev–Trinajstić information content (AvgIpc) is 2.64. The number of aryl methyl sites for hydroxylation is 1. The first-order chi connectivity index (χ1) is 12.1. The van der Waals surface area contributed by atoms with Gasteiger partial charge < -0.3 is 10.4 Å². The molecule has 0 saturated carbocycles. The molecule has 0 spiro atoms. The number of benzene rings is 2. The van der Waals surface area contributed by atoms with Crippen LogP contribution < -0.4 is 5.32 Å². The zero-order valence-electron chi connectivity index (χ0n) is 14.5. The lowest BCUT2D eigenvalue weighted by atomic mass is 9.75. The van der Waals surface area contributed by atoms with Crippen LogP contribution in [0, 0.1) is 5.82 Å². The summed E-state index contributed by atoms with van der Waals surface area (Å²) < 4.78 is 14.1. The van der Waals surface area contributed by atoms with Gasteiger partial charge in [0.1, 0.15) is 5.82 Å². The molecule has 2 aromatic carbocycles. The Morgan fingerprint density at radius 2 is 2.04 bits per heavy atom. The van der Waals surface area contributed by atoms with Crippen molar-refractivity contribution in [3.8, 4) is 0 Å². The largest absolute Gasteiger partial charge is 0.392 e. The predicted molar refractivity (Wildman–Crippen MR) is 95.8 cm³/mol. The van der Waals surface area contributed by atoms with E-state index >= 15 is 0 Å². The van der Waals surface area contributed by atoms with E-state index in [0.29, 0.717) is 12.0 Å². The minimum Gasteiger partial charge on any atom is -0.392 e. The SMILES string of the molecule is CCC(=O)N[C@H]1CCc2cc(F)c(CO)cc2[C@H]1Cc1ccccc1. The number of hydrogen-bond donors (Lipinski definition) is 2. The second-order valence-electron chi connectivity index (χ2n) is 6.66. The van der Waals surface area contributed by atoms with Gasteiger partial charge in [0.2, 0.25) is 5.91 Å². The summed E-state index contributed by atoms with van der Waals surface area (Å²) >= 11 is 0. The van der Waals surface area contributed by atoms with Crippen LogP contribution in [0.2, 0.25) is 0 Å². The summed E-state index contributed by atoms with van der Waals surface area (Å²) in [6.07, 6.45) is 2.76. The molecule has 0 aliphatic heterocycles. The Hall–Kier alpha value is -2.20. The number of aliphatic hydroxyl groups is 1. The third kappa shape index (κ3) is 3.90. The van der Waals surface area contributed by atoms with E-state index in [1.165, 1.54) is 5.56 Å². The minimum atomic E-state index is -0.351. The lowest BCUT2D eigenvalue weighted by molar-refractivity contribution is -0.121. The topological polar surface area (TPSA) is 49.3 Å². The molecule has 2 N–H and O–H groups in total. The number of carbonyl (C=O) groups is 1. The summed E-state index contributed by atoms with van der Waals surface area (Å²) in [5.41, 5.74) is 3.53. The fourth-order valence-corrected chi connectivity index (χ4v) is 3.69. The van der Waals surface area contributed by atoms with Gasteiger partial charge in [-0.15, -0.1) is 0 Å². The van der Waals surface area contributed by atoms with Crippen molar-refractivity contribution in [2.75, 3.05) is 0 Å². The van der Waals surface area contributed by atoms with Gasteiger partial charge in [0.05, 0.1) is 6.61 Å². The molecule has 3 rings (SSSR count). The van der Waals surface area contributed by atoms with Gasteiger partial charge in [-0.3, -0.25) is 4.79 Å². The summed E-state index contributed by atoms with van der Waals surface area (Å²) in [4.78, 5) is 12.0. The third-order valence-electron chi connectivity index (χ3n) is 5.05. The lowest BCUT2D eigenvalue weighted by Crippen LogP contribution is -2.42. The first-order valence-electron chi connectivity index (χ1n) is 8.87. The molecule has 1 aliphatic rings. The van der Waals surface area contributed by atoms with Crippen molar-refractivity contribution in [2.45, 2.75) is 51.2 Å². The second kappa shape index (κ2) is 7.79. The van der Waals surface area contributed by atoms with Gasteiger partial charge >= 0.3 is 0 Å². The molecule has 132 valence electrons. The maximum Gasteiger partial charge on any atom is 0.219 e. The Labute approximate surface area is 147 Å². The Kier molecular flexibility index (Phi) is 5.49. The molecular weight excluding hydrogens is 317 g/mol. The van der Waals surface area contributed by atoms with Crippen LogP contribution in [0.1, 0.15) is 47.9 Å². The van der Waals surface area contributed by atoms with Gasteiger partial charge in [-0.2, -0.15) is 0 Å². The lowest BCUT2D eigenvalue weighted by Gasteiger charge is -2.35. The summed E-state index contributed by atoms with van der Waals surface area (Å²) in [5.74, 6) is -0.237. The van der Waals surface area contributed by atoms with Crippen molar-refractivity contribution in [1.82, 2.24) is 5.32 Å². The van der Waals surface area contributed by atoms with Crippen molar-refractivity contribution in [2.24, 2.45) is 0 Å². The normalized spacial score (nSPS) is 19.3. The van der Waals surface area contributed by atoms with Gasteiger partial charge in [-0.05, 0) is 48.1 Å². The van der Waals surface area contributed by atoms with E-state index in [1.807, 2.05) is 25.1 Å². The molecular formula is C21H24FNO2. The van der Waals surface area contributed by atoms with Gasteiger partial charge in [0.15, 0.2) is 0 Å². The van der Waals surface area contributed by atoms with E-state index in [9.17, 15) is 14.3 Å². The summed E-state index contributed by atoms with van der Waals surface area (Å²) in [6, 6.07) is 13.5. The molecule has 1 aliphatic carbocycles. The number of halogens is 1. The molecule has 2 aromatic rings. The molecule has 0 heterocycles. The van der Waals surface area contributed by atoms with E-state index < -0.39 is 0 Å². The van der Waals surface area contributed by atoms with Crippen LogP contribution >= 0.6 is 0 Å². The Morgan fingerprint density at radius 3 is 2.72 bits per heavy atom. The zero-order valence-corrected chi connectivity index (χ0v) is 14.5. The Balaban J connectivity index is 1.98. The van der Waals surface area contributed by atoms with Crippen molar-refractivity contribution in [3.63, 3.8) is 0 Å².